The number of nitrogens with zero attached hydrogens (tertiary/aromatic N) is 3. The number of carboxylic acid groups (broad SMARTS) is 1. The van der Waals surface area contributed by atoms with E-state index >= 15 is 0 Å². The number of nitrogens with two attached hydrogens (primary N) is 1. The summed E-state index contributed by atoms with van der Waals surface area (Å²) in [5.41, 5.74) is 6.81. The molecule has 4 aliphatic rings. The number of nitrogen functional groups attached to an aromatic ring is 1. The number of anilines is 1. The zero-order valence-corrected chi connectivity index (χ0v) is 25.0. The number of rotatable bonds is 8. The molecular weight excluding hydrogens is 557 g/mol. The molecule has 1 aromatic heterocycles. The molecular formula is C23H26N7NaO6S2. The number of hydrogen-bond acceptors (Lipinski definition) is 13. The fraction of sp³-hybridized carbons (Fsp3) is 0.478. The van der Waals surface area contributed by atoms with Gasteiger partial charge in [-0.2, -0.15) is 0 Å². The van der Waals surface area contributed by atoms with Gasteiger partial charge in [-0.05, 0) is 25.0 Å². The first-order valence-electron chi connectivity index (χ1n) is 12.0. The van der Waals surface area contributed by atoms with Crippen molar-refractivity contribution in [3.8, 4) is 0 Å². The molecule has 4 atom stereocenters. The number of thiazole rings is 1. The van der Waals surface area contributed by atoms with E-state index in [2.05, 4.69) is 26.1 Å². The Morgan fingerprint density at radius 1 is 1.38 bits per heavy atom. The van der Waals surface area contributed by atoms with E-state index in [1.807, 2.05) is 0 Å². The second kappa shape index (κ2) is 12.5. The molecule has 2 unspecified atom stereocenters. The van der Waals surface area contributed by atoms with Gasteiger partial charge < -0.3 is 36.4 Å². The number of amides is 2. The maximum absolute atomic E-state index is 13.0. The van der Waals surface area contributed by atoms with Crippen LogP contribution in [0, 0.1) is 5.92 Å². The summed E-state index contributed by atoms with van der Waals surface area (Å²) in [6, 6.07) is -1.27. The van der Waals surface area contributed by atoms with E-state index in [1.54, 1.807) is 6.08 Å². The zero-order chi connectivity index (χ0) is 27.0. The number of carboxylic acids is 1. The number of β-lactam (4-membered cyclic amide) rings is 1. The van der Waals surface area contributed by atoms with Crippen LogP contribution in [0.4, 0.5) is 5.13 Å². The van der Waals surface area contributed by atoms with Crippen molar-refractivity contribution < 1.29 is 58.7 Å². The van der Waals surface area contributed by atoms with Gasteiger partial charge in [0.2, 0.25) is 0 Å². The zero-order valence-electron chi connectivity index (χ0n) is 21.4. The van der Waals surface area contributed by atoms with E-state index in [0.29, 0.717) is 30.8 Å². The SMILES string of the molecule is CO/N=C(\C(=O)N[C@@H]1C(=O)N2C(C(=O)[O-])=C(/C=C3\CNC(C(=O)C4CCNC4)C3)CS[C@H]12)c1csc(N)n1.[Na+]. The van der Waals surface area contributed by atoms with E-state index in [9.17, 15) is 24.3 Å². The van der Waals surface area contributed by atoms with Gasteiger partial charge in [-0.15, -0.1) is 23.1 Å². The molecule has 5 rings (SSSR count). The molecule has 0 saturated carbocycles. The Balaban J connectivity index is 0.00000353. The molecule has 1 aromatic rings. The van der Waals surface area contributed by atoms with Gasteiger partial charge in [-0.3, -0.25) is 19.3 Å². The molecule has 5 N–H and O–H groups in total. The summed E-state index contributed by atoms with van der Waals surface area (Å²) in [6.45, 7) is 1.97. The third-order valence-corrected chi connectivity index (χ3v) is 8.84. The van der Waals surface area contributed by atoms with Crippen LogP contribution in [0.5, 0.6) is 0 Å². The molecule has 0 aliphatic carbocycles. The van der Waals surface area contributed by atoms with Crippen molar-refractivity contribution in [2.24, 2.45) is 11.1 Å². The van der Waals surface area contributed by atoms with Crippen molar-refractivity contribution >= 4 is 57.5 Å². The van der Waals surface area contributed by atoms with E-state index < -0.39 is 29.2 Å². The van der Waals surface area contributed by atoms with E-state index in [4.69, 9.17) is 10.6 Å². The maximum Gasteiger partial charge on any atom is 1.00 e. The van der Waals surface area contributed by atoms with Gasteiger partial charge >= 0.3 is 29.6 Å². The van der Waals surface area contributed by atoms with Crippen LogP contribution < -0.4 is 56.3 Å². The molecule has 3 fully saturated rings. The van der Waals surface area contributed by atoms with Crippen molar-refractivity contribution in [1.29, 1.82) is 0 Å². The number of nitrogens with one attached hydrogen (secondary N) is 3. The van der Waals surface area contributed by atoms with Crippen molar-refractivity contribution in [2.75, 3.05) is 38.2 Å². The summed E-state index contributed by atoms with van der Waals surface area (Å²) >= 11 is 2.45. The molecule has 0 spiro atoms. The van der Waals surface area contributed by atoms with E-state index in [0.717, 1.165) is 34.8 Å². The molecule has 3 saturated heterocycles. The average Bonchev–Trinajstić information content (AvgIpc) is 3.67. The number of aliphatic carboxylic acids is 1. The van der Waals surface area contributed by atoms with Crippen LogP contribution in [0.25, 0.3) is 0 Å². The number of ketones is 1. The standard InChI is InChI=1S/C23H27N7O6S2.Na/c1-36-29-15(14-9-38-23(24)27-14)19(32)28-16-20(33)30-17(22(34)35)12(8-37-21(16)30)4-10-5-13(26-6-10)18(31)11-2-3-25-7-11;/h4,9,11,13,16,21,25-26H,2-3,5-8H2,1H3,(H2,24,27)(H,28,32)(H,34,35);/q;+1/p-1/b10-4-,29-15-;/t11?,13?,16-,21-;/m1./s1. The van der Waals surface area contributed by atoms with Crippen LogP contribution in [0.1, 0.15) is 18.5 Å². The second-order valence-electron chi connectivity index (χ2n) is 9.25. The Bertz CT molecular complexity index is 1280. The first-order valence-corrected chi connectivity index (χ1v) is 13.9. The van der Waals surface area contributed by atoms with Crippen LogP contribution >= 0.6 is 23.1 Å². The Kier molecular flexibility index (Phi) is 9.52. The first-order chi connectivity index (χ1) is 18.3. The number of oxime groups is 1. The Labute approximate surface area is 254 Å². The largest absolute Gasteiger partial charge is 1.00 e. The number of carbonyl (C=O) groups is 4. The van der Waals surface area contributed by atoms with Gasteiger partial charge in [0, 0.05) is 30.1 Å². The summed E-state index contributed by atoms with van der Waals surface area (Å²) in [5.74, 6) is -2.31. The van der Waals surface area contributed by atoms with Crippen LogP contribution in [0.2, 0.25) is 0 Å². The minimum atomic E-state index is -1.48. The molecule has 2 amide bonds. The van der Waals surface area contributed by atoms with Gasteiger partial charge in [-0.1, -0.05) is 16.8 Å². The minimum Gasteiger partial charge on any atom is -0.543 e. The molecule has 5 heterocycles. The third kappa shape index (κ3) is 5.94. The number of fused-ring (bicyclic) bond motifs is 1. The quantitative estimate of drug-likeness (QED) is 0.0991. The van der Waals surface area contributed by atoms with Gasteiger partial charge in [-0.25, -0.2) is 4.98 Å². The summed E-state index contributed by atoms with van der Waals surface area (Å²) in [4.78, 5) is 60.7. The van der Waals surface area contributed by atoms with E-state index in [1.165, 1.54) is 24.3 Å². The molecule has 0 radical (unpaired) electrons. The topological polar surface area (TPSA) is 191 Å². The molecule has 39 heavy (non-hydrogen) atoms. The Morgan fingerprint density at radius 2 is 2.18 bits per heavy atom. The van der Waals surface area contributed by atoms with Crippen LogP contribution in [0.3, 0.4) is 0 Å². The molecule has 202 valence electrons. The fourth-order valence-electron chi connectivity index (χ4n) is 5.05. The number of carbonyl (C=O) groups excluding carboxylic acids is 4. The number of Topliss-reactive ketones (excluding diaryl/α,β-unsaturated/α-hetero) is 1. The Hall–Kier alpha value is -2.27. The number of hydrogen-bond donors (Lipinski definition) is 4. The van der Waals surface area contributed by atoms with Crippen LogP contribution in [0.15, 0.2) is 33.5 Å². The fourth-order valence-corrected chi connectivity index (χ4v) is 6.90. The molecule has 0 aromatic carbocycles. The first kappa shape index (κ1) is 29.7. The van der Waals surface area contributed by atoms with Crippen molar-refractivity contribution in [3.63, 3.8) is 0 Å². The van der Waals surface area contributed by atoms with Crippen LogP contribution in [-0.4, -0.2) is 89.1 Å². The van der Waals surface area contributed by atoms with Crippen molar-refractivity contribution in [2.45, 2.75) is 30.3 Å². The summed E-state index contributed by atoms with van der Waals surface area (Å²) in [5, 5.41) is 26.0. The van der Waals surface area contributed by atoms with Crippen molar-refractivity contribution in [3.05, 3.63) is 34.0 Å². The average molecular weight is 584 g/mol. The third-order valence-electron chi connectivity index (χ3n) is 6.87. The molecule has 4 aliphatic heterocycles. The maximum atomic E-state index is 13.0. The molecule has 0 bridgehead atoms. The molecule has 13 nitrogen and oxygen atoms in total. The number of thioether (sulfide) groups is 1. The minimum absolute atomic E-state index is 0. The number of allylic oxidation sites excluding steroid dienone is 1. The predicted octanol–water partition coefficient (Wildman–Crippen LogP) is -5.05. The van der Waals surface area contributed by atoms with Gasteiger partial charge in [0.25, 0.3) is 11.8 Å². The number of aromatic nitrogens is 1. The normalized spacial score (nSPS) is 27.6. The summed E-state index contributed by atoms with van der Waals surface area (Å²) < 4.78 is 0. The summed E-state index contributed by atoms with van der Waals surface area (Å²) in [7, 11) is 1.27. The smallest absolute Gasteiger partial charge is 0.543 e. The summed E-state index contributed by atoms with van der Waals surface area (Å²) in [6.07, 6.45) is 3.05. The van der Waals surface area contributed by atoms with Gasteiger partial charge in [0.05, 0.1) is 17.7 Å². The second-order valence-corrected chi connectivity index (χ2v) is 11.2. The Morgan fingerprint density at radius 3 is 2.82 bits per heavy atom. The monoisotopic (exact) mass is 583 g/mol. The predicted molar refractivity (Wildman–Crippen MR) is 138 cm³/mol. The van der Waals surface area contributed by atoms with Crippen molar-refractivity contribution in [1.82, 2.24) is 25.8 Å². The van der Waals surface area contributed by atoms with Gasteiger partial charge in [0.15, 0.2) is 16.6 Å². The molecule has 16 heteroatoms. The van der Waals surface area contributed by atoms with Gasteiger partial charge in [0.1, 0.15) is 24.2 Å². The van der Waals surface area contributed by atoms with E-state index in [-0.39, 0.29) is 69.5 Å². The van der Waals surface area contributed by atoms with Crippen LogP contribution in [-0.2, 0) is 24.0 Å².